The van der Waals surface area contributed by atoms with Gasteiger partial charge in [0.2, 0.25) is 5.82 Å². The first-order valence-electron chi connectivity index (χ1n) is 6.37. The Bertz CT molecular complexity index is 434. The van der Waals surface area contributed by atoms with Crippen LogP contribution in [-0.2, 0) is 0 Å². The Morgan fingerprint density at radius 1 is 1.42 bits per heavy atom. The van der Waals surface area contributed by atoms with E-state index in [-0.39, 0.29) is 17.7 Å². The molecular weight excluding hydrogens is 246 g/mol. The fraction of sp³-hybridized carbons (Fsp3) is 0.583. The second-order valence-corrected chi connectivity index (χ2v) is 4.11. The third kappa shape index (κ3) is 3.78. The molecule has 0 aliphatic heterocycles. The zero-order valence-corrected chi connectivity index (χ0v) is 11.8. The van der Waals surface area contributed by atoms with Crippen LogP contribution in [0, 0.1) is 10.1 Å². The first-order chi connectivity index (χ1) is 9.03. The SMILES string of the molecule is CCN(CC)C(C)Nc1nc(NC)ccc1[N+](=O)[O-]. The Labute approximate surface area is 113 Å². The second kappa shape index (κ2) is 6.89. The van der Waals surface area contributed by atoms with Crippen molar-refractivity contribution in [1.29, 1.82) is 0 Å². The third-order valence-corrected chi connectivity index (χ3v) is 3.03. The molecule has 1 heterocycles. The number of rotatable bonds is 7. The number of anilines is 2. The van der Waals surface area contributed by atoms with E-state index in [1.54, 1.807) is 13.1 Å². The molecule has 0 aliphatic rings. The van der Waals surface area contributed by atoms with Crippen molar-refractivity contribution < 1.29 is 4.92 Å². The maximum absolute atomic E-state index is 11.0. The zero-order valence-electron chi connectivity index (χ0n) is 11.8. The number of hydrogen-bond donors (Lipinski definition) is 2. The van der Waals surface area contributed by atoms with Gasteiger partial charge in [0.15, 0.2) is 0 Å². The molecule has 0 amide bonds. The quantitative estimate of drug-likeness (QED) is 0.447. The molecule has 7 nitrogen and oxygen atoms in total. The highest BCUT2D eigenvalue weighted by Crippen LogP contribution is 2.24. The lowest BCUT2D eigenvalue weighted by Crippen LogP contribution is -2.38. The highest BCUT2D eigenvalue weighted by atomic mass is 16.6. The highest BCUT2D eigenvalue weighted by Gasteiger charge is 2.19. The predicted octanol–water partition coefficient (Wildman–Crippen LogP) is 2.13. The van der Waals surface area contributed by atoms with Crippen LogP contribution in [0.3, 0.4) is 0 Å². The zero-order chi connectivity index (χ0) is 14.4. The van der Waals surface area contributed by atoms with E-state index in [0.29, 0.717) is 5.82 Å². The summed E-state index contributed by atoms with van der Waals surface area (Å²) >= 11 is 0. The van der Waals surface area contributed by atoms with E-state index in [9.17, 15) is 10.1 Å². The van der Waals surface area contributed by atoms with Gasteiger partial charge in [0.05, 0.1) is 11.1 Å². The summed E-state index contributed by atoms with van der Waals surface area (Å²) in [5.41, 5.74) is -0.0157. The summed E-state index contributed by atoms with van der Waals surface area (Å²) < 4.78 is 0. The van der Waals surface area contributed by atoms with E-state index >= 15 is 0 Å². The van der Waals surface area contributed by atoms with Crippen LogP contribution in [0.2, 0.25) is 0 Å². The molecular formula is C12H21N5O2. The van der Waals surface area contributed by atoms with Gasteiger partial charge in [0, 0.05) is 13.1 Å². The van der Waals surface area contributed by atoms with Gasteiger partial charge in [-0.2, -0.15) is 0 Å². The maximum Gasteiger partial charge on any atom is 0.311 e. The largest absolute Gasteiger partial charge is 0.373 e. The van der Waals surface area contributed by atoms with Crippen LogP contribution in [-0.4, -0.2) is 41.1 Å². The fourth-order valence-electron chi connectivity index (χ4n) is 1.91. The van der Waals surface area contributed by atoms with E-state index in [0.717, 1.165) is 13.1 Å². The Morgan fingerprint density at radius 3 is 2.53 bits per heavy atom. The molecule has 1 rings (SSSR count). The van der Waals surface area contributed by atoms with Crippen LogP contribution >= 0.6 is 0 Å². The lowest BCUT2D eigenvalue weighted by Gasteiger charge is -2.27. The molecule has 0 fully saturated rings. The van der Waals surface area contributed by atoms with Crippen molar-refractivity contribution in [1.82, 2.24) is 9.88 Å². The Morgan fingerprint density at radius 2 is 2.05 bits per heavy atom. The van der Waals surface area contributed by atoms with Gasteiger partial charge in [0.1, 0.15) is 5.82 Å². The number of hydrogen-bond acceptors (Lipinski definition) is 6. The maximum atomic E-state index is 11.0. The van der Waals surface area contributed by atoms with Crippen LogP contribution < -0.4 is 10.6 Å². The van der Waals surface area contributed by atoms with Crippen molar-refractivity contribution in [3.05, 3.63) is 22.2 Å². The van der Waals surface area contributed by atoms with Crippen molar-refractivity contribution in [2.45, 2.75) is 26.9 Å². The number of nitrogens with zero attached hydrogens (tertiary/aromatic N) is 3. The molecule has 7 heteroatoms. The molecule has 0 radical (unpaired) electrons. The van der Waals surface area contributed by atoms with Crippen LogP contribution in [0.25, 0.3) is 0 Å². The number of pyridine rings is 1. The van der Waals surface area contributed by atoms with Gasteiger partial charge in [-0.1, -0.05) is 13.8 Å². The van der Waals surface area contributed by atoms with Gasteiger partial charge in [0.25, 0.3) is 0 Å². The molecule has 1 aromatic rings. The molecule has 0 aromatic carbocycles. The standard InChI is InChI=1S/C12H21N5O2/c1-5-16(6-2)9(3)14-12-10(17(18)19)7-8-11(13-4)15-12/h7-9H,5-6H2,1-4H3,(H2,13,14,15). The molecule has 1 atom stereocenters. The number of aromatic nitrogens is 1. The first kappa shape index (κ1) is 15.2. The molecule has 0 bridgehead atoms. The van der Waals surface area contributed by atoms with Crippen molar-refractivity contribution in [3.63, 3.8) is 0 Å². The minimum absolute atomic E-state index is 0.0157. The Hall–Kier alpha value is -1.89. The highest BCUT2D eigenvalue weighted by molar-refractivity contribution is 5.60. The van der Waals surface area contributed by atoms with Gasteiger partial charge in [-0.15, -0.1) is 0 Å². The monoisotopic (exact) mass is 267 g/mol. The Balaban J connectivity index is 3.00. The van der Waals surface area contributed by atoms with Gasteiger partial charge in [-0.3, -0.25) is 15.0 Å². The van der Waals surface area contributed by atoms with Crippen molar-refractivity contribution in [2.75, 3.05) is 30.8 Å². The molecule has 1 aromatic heterocycles. The van der Waals surface area contributed by atoms with Crippen molar-refractivity contribution >= 4 is 17.3 Å². The normalized spacial score (nSPS) is 12.3. The lowest BCUT2D eigenvalue weighted by atomic mass is 10.3. The molecule has 0 saturated heterocycles. The predicted molar refractivity (Wildman–Crippen MR) is 76.4 cm³/mol. The summed E-state index contributed by atoms with van der Waals surface area (Å²) in [6, 6.07) is 3.04. The van der Waals surface area contributed by atoms with Crippen LogP contribution in [0.5, 0.6) is 0 Å². The molecule has 0 spiro atoms. The number of nitro groups is 1. The summed E-state index contributed by atoms with van der Waals surface area (Å²) in [5, 5.41) is 17.0. The lowest BCUT2D eigenvalue weighted by molar-refractivity contribution is -0.384. The van der Waals surface area contributed by atoms with E-state index in [1.165, 1.54) is 6.07 Å². The molecule has 2 N–H and O–H groups in total. The summed E-state index contributed by atoms with van der Waals surface area (Å²) in [7, 11) is 1.73. The summed E-state index contributed by atoms with van der Waals surface area (Å²) in [6.45, 7) is 7.79. The average molecular weight is 267 g/mol. The summed E-state index contributed by atoms with van der Waals surface area (Å²) in [6.07, 6.45) is -0.0201. The number of nitrogens with one attached hydrogen (secondary N) is 2. The molecule has 106 valence electrons. The van der Waals surface area contributed by atoms with Crippen LogP contribution in [0.15, 0.2) is 12.1 Å². The van der Waals surface area contributed by atoms with Crippen LogP contribution in [0.1, 0.15) is 20.8 Å². The van der Waals surface area contributed by atoms with E-state index in [2.05, 4.69) is 20.5 Å². The topological polar surface area (TPSA) is 83.3 Å². The minimum atomic E-state index is -0.427. The van der Waals surface area contributed by atoms with Gasteiger partial charge < -0.3 is 10.6 Å². The fourth-order valence-corrected chi connectivity index (χ4v) is 1.91. The molecule has 1 unspecified atom stereocenters. The summed E-state index contributed by atoms with van der Waals surface area (Å²) in [5.74, 6) is 0.885. The van der Waals surface area contributed by atoms with Gasteiger partial charge in [-0.25, -0.2) is 4.98 Å². The molecule has 0 saturated carbocycles. The van der Waals surface area contributed by atoms with Gasteiger partial charge >= 0.3 is 5.69 Å². The van der Waals surface area contributed by atoms with E-state index in [1.807, 2.05) is 20.8 Å². The molecule has 0 aliphatic carbocycles. The van der Waals surface area contributed by atoms with E-state index < -0.39 is 4.92 Å². The van der Waals surface area contributed by atoms with Crippen LogP contribution in [0.4, 0.5) is 17.3 Å². The van der Waals surface area contributed by atoms with Crippen molar-refractivity contribution in [3.8, 4) is 0 Å². The Kier molecular flexibility index (Phi) is 5.50. The summed E-state index contributed by atoms with van der Waals surface area (Å²) in [4.78, 5) is 16.9. The van der Waals surface area contributed by atoms with E-state index in [4.69, 9.17) is 0 Å². The molecule has 19 heavy (non-hydrogen) atoms. The smallest absolute Gasteiger partial charge is 0.311 e. The van der Waals surface area contributed by atoms with Gasteiger partial charge in [-0.05, 0) is 26.1 Å². The average Bonchev–Trinajstić information content (AvgIpc) is 2.39. The minimum Gasteiger partial charge on any atom is -0.373 e. The third-order valence-electron chi connectivity index (χ3n) is 3.03. The second-order valence-electron chi connectivity index (χ2n) is 4.11. The van der Waals surface area contributed by atoms with Crippen molar-refractivity contribution in [2.24, 2.45) is 0 Å². The first-order valence-corrected chi connectivity index (χ1v) is 6.37.